The molecular weight excluding hydrogens is 332 g/mol. The van der Waals surface area contributed by atoms with Gasteiger partial charge < -0.3 is 10.4 Å². The largest absolute Gasteiger partial charge is 0.478 e. The molecule has 1 aromatic heterocycles. The molecule has 0 atom stereocenters. The smallest absolute Gasteiger partial charge is 0.335 e. The van der Waals surface area contributed by atoms with Gasteiger partial charge in [0.25, 0.3) is 0 Å². The van der Waals surface area contributed by atoms with Crippen LogP contribution in [0, 0.1) is 0 Å². The summed E-state index contributed by atoms with van der Waals surface area (Å²) in [5.74, 6) is -0.921. The van der Waals surface area contributed by atoms with Gasteiger partial charge in [-0.05, 0) is 67.1 Å². The van der Waals surface area contributed by atoms with E-state index in [4.69, 9.17) is 5.11 Å². The Hall–Kier alpha value is -2.66. The maximum Gasteiger partial charge on any atom is 0.335 e. The Labute approximate surface area is 150 Å². The number of carboxylic acid groups (broad SMARTS) is 1. The first-order valence-electron chi connectivity index (χ1n) is 8.37. The van der Waals surface area contributed by atoms with Crippen molar-refractivity contribution in [3.8, 4) is 11.3 Å². The molecule has 0 fully saturated rings. The van der Waals surface area contributed by atoms with Crippen LogP contribution in [0.3, 0.4) is 0 Å². The van der Waals surface area contributed by atoms with Crippen molar-refractivity contribution >= 4 is 28.1 Å². The molecule has 0 saturated heterocycles. The van der Waals surface area contributed by atoms with Crippen LogP contribution in [0.4, 0.5) is 10.8 Å². The van der Waals surface area contributed by atoms with Gasteiger partial charge in [0, 0.05) is 16.6 Å². The Balaban J connectivity index is 1.53. The molecular formula is C20H18N2O2S. The predicted molar refractivity (Wildman–Crippen MR) is 101 cm³/mol. The fourth-order valence-electron chi connectivity index (χ4n) is 3.18. The van der Waals surface area contributed by atoms with E-state index in [0.717, 1.165) is 28.5 Å². The molecule has 0 bridgehead atoms. The van der Waals surface area contributed by atoms with Crippen LogP contribution in [0.25, 0.3) is 11.3 Å². The summed E-state index contributed by atoms with van der Waals surface area (Å²) < 4.78 is 0. The number of hydrogen-bond acceptors (Lipinski definition) is 4. The molecule has 25 heavy (non-hydrogen) atoms. The number of hydrogen-bond donors (Lipinski definition) is 2. The Bertz CT molecular complexity index is 916. The minimum atomic E-state index is -0.921. The van der Waals surface area contributed by atoms with Crippen LogP contribution in [-0.4, -0.2) is 16.1 Å². The molecule has 0 unspecified atom stereocenters. The maximum atomic E-state index is 10.9. The summed E-state index contributed by atoms with van der Waals surface area (Å²) in [6.45, 7) is 0. The fraction of sp³-hybridized carbons (Fsp3) is 0.200. The highest BCUT2D eigenvalue weighted by Crippen LogP contribution is 2.30. The third-order valence-electron chi connectivity index (χ3n) is 4.53. The van der Waals surface area contributed by atoms with Gasteiger partial charge in [-0.15, -0.1) is 11.3 Å². The molecule has 1 heterocycles. The lowest BCUT2D eigenvalue weighted by Crippen LogP contribution is -2.02. The number of fused-ring (bicyclic) bond motifs is 1. The summed E-state index contributed by atoms with van der Waals surface area (Å²) in [6.07, 6.45) is 4.91. The highest BCUT2D eigenvalue weighted by Gasteiger charge is 2.12. The van der Waals surface area contributed by atoms with E-state index in [-0.39, 0.29) is 5.56 Å². The molecule has 0 spiro atoms. The molecule has 4 nitrogen and oxygen atoms in total. The third-order valence-corrected chi connectivity index (χ3v) is 5.29. The fourth-order valence-corrected chi connectivity index (χ4v) is 3.92. The highest BCUT2D eigenvalue weighted by atomic mass is 32.1. The second-order valence-electron chi connectivity index (χ2n) is 6.24. The molecule has 1 aliphatic rings. The lowest BCUT2D eigenvalue weighted by atomic mass is 9.90. The van der Waals surface area contributed by atoms with Crippen molar-refractivity contribution < 1.29 is 9.90 Å². The standard InChI is InChI=1S/C20H18N2O2S/c23-19(24)14-7-9-17(10-8-14)21-20-22-18(12-25-20)16-6-5-13-3-1-2-4-15(13)11-16/h5-12H,1-4H2,(H,21,22)(H,23,24). The quantitative estimate of drug-likeness (QED) is 0.685. The molecule has 4 rings (SSSR count). The first-order chi connectivity index (χ1) is 12.2. The monoisotopic (exact) mass is 350 g/mol. The average Bonchev–Trinajstić information content (AvgIpc) is 3.10. The molecule has 2 aromatic carbocycles. The van der Waals surface area contributed by atoms with Crippen LogP contribution in [0.5, 0.6) is 0 Å². The van der Waals surface area contributed by atoms with Crippen molar-refractivity contribution in [1.82, 2.24) is 4.98 Å². The first kappa shape index (κ1) is 15.8. The van der Waals surface area contributed by atoms with Crippen LogP contribution in [-0.2, 0) is 12.8 Å². The molecule has 0 saturated carbocycles. The molecule has 0 radical (unpaired) electrons. The molecule has 126 valence electrons. The summed E-state index contributed by atoms with van der Waals surface area (Å²) in [4.78, 5) is 15.6. The van der Waals surface area contributed by atoms with E-state index in [1.807, 2.05) is 0 Å². The first-order valence-corrected chi connectivity index (χ1v) is 9.25. The Morgan fingerprint density at radius 2 is 1.80 bits per heavy atom. The zero-order chi connectivity index (χ0) is 17.2. The Morgan fingerprint density at radius 1 is 1.04 bits per heavy atom. The minimum Gasteiger partial charge on any atom is -0.478 e. The van der Waals surface area contributed by atoms with E-state index >= 15 is 0 Å². The van der Waals surface area contributed by atoms with Gasteiger partial charge in [-0.25, -0.2) is 9.78 Å². The summed E-state index contributed by atoms with van der Waals surface area (Å²) >= 11 is 1.55. The van der Waals surface area contributed by atoms with Gasteiger partial charge in [-0.1, -0.05) is 12.1 Å². The average molecular weight is 350 g/mol. The number of thiazole rings is 1. The number of benzene rings is 2. The van der Waals surface area contributed by atoms with Crippen molar-refractivity contribution in [1.29, 1.82) is 0 Å². The number of aromatic carboxylic acids is 1. The van der Waals surface area contributed by atoms with Gasteiger partial charge in [0.05, 0.1) is 11.3 Å². The van der Waals surface area contributed by atoms with Crippen LogP contribution in [0.1, 0.15) is 34.3 Å². The molecule has 0 aliphatic heterocycles. The molecule has 1 aliphatic carbocycles. The normalized spacial score (nSPS) is 13.3. The van der Waals surface area contributed by atoms with Crippen molar-refractivity contribution in [2.45, 2.75) is 25.7 Å². The summed E-state index contributed by atoms with van der Waals surface area (Å²) in [5.41, 5.74) is 6.17. The highest BCUT2D eigenvalue weighted by molar-refractivity contribution is 7.14. The summed E-state index contributed by atoms with van der Waals surface area (Å²) in [7, 11) is 0. The van der Waals surface area contributed by atoms with Crippen LogP contribution >= 0.6 is 11.3 Å². The Kier molecular flexibility index (Phi) is 4.24. The van der Waals surface area contributed by atoms with Crippen LogP contribution in [0.2, 0.25) is 0 Å². The number of carbonyl (C=O) groups is 1. The van der Waals surface area contributed by atoms with Crippen LogP contribution in [0.15, 0.2) is 47.8 Å². The van der Waals surface area contributed by atoms with Gasteiger partial charge in [-0.3, -0.25) is 0 Å². The predicted octanol–water partition coefficient (Wildman–Crippen LogP) is 5.13. The van der Waals surface area contributed by atoms with Gasteiger partial charge in [0.1, 0.15) is 0 Å². The topological polar surface area (TPSA) is 62.2 Å². The second kappa shape index (κ2) is 6.69. The molecule has 5 heteroatoms. The van der Waals surface area contributed by atoms with E-state index in [9.17, 15) is 4.79 Å². The number of carboxylic acids is 1. The third kappa shape index (κ3) is 3.42. The van der Waals surface area contributed by atoms with E-state index < -0.39 is 5.97 Å². The zero-order valence-corrected chi connectivity index (χ0v) is 14.5. The second-order valence-corrected chi connectivity index (χ2v) is 7.09. The van der Waals surface area contributed by atoms with Crippen LogP contribution < -0.4 is 5.32 Å². The Morgan fingerprint density at radius 3 is 2.56 bits per heavy atom. The van der Waals surface area contributed by atoms with E-state index in [1.165, 1.54) is 30.4 Å². The number of nitrogens with zero attached hydrogens (tertiary/aromatic N) is 1. The zero-order valence-electron chi connectivity index (χ0n) is 13.7. The molecule has 2 N–H and O–H groups in total. The van der Waals surface area contributed by atoms with Crippen molar-refractivity contribution in [2.24, 2.45) is 0 Å². The van der Waals surface area contributed by atoms with Gasteiger partial charge >= 0.3 is 5.97 Å². The van der Waals surface area contributed by atoms with Gasteiger partial charge in [0.15, 0.2) is 5.13 Å². The van der Waals surface area contributed by atoms with Crippen molar-refractivity contribution in [3.05, 3.63) is 64.5 Å². The number of aromatic nitrogens is 1. The van der Waals surface area contributed by atoms with Crippen molar-refractivity contribution in [2.75, 3.05) is 5.32 Å². The number of aryl methyl sites for hydroxylation is 2. The van der Waals surface area contributed by atoms with Gasteiger partial charge in [0.2, 0.25) is 0 Å². The number of rotatable bonds is 4. The molecule has 0 amide bonds. The summed E-state index contributed by atoms with van der Waals surface area (Å²) in [5, 5.41) is 15.0. The lowest BCUT2D eigenvalue weighted by Gasteiger charge is -2.16. The maximum absolute atomic E-state index is 10.9. The summed E-state index contributed by atoms with van der Waals surface area (Å²) in [6, 6.07) is 13.3. The lowest BCUT2D eigenvalue weighted by molar-refractivity contribution is 0.0697. The SMILES string of the molecule is O=C(O)c1ccc(Nc2nc(-c3ccc4c(c3)CCCC4)cs2)cc1. The van der Waals surface area contributed by atoms with E-state index in [2.05, 4.69) is 33.9 Å². The van der Waals surface area contributed by atoms with Crippen molar-refractivity contribution in [3.63, 3.8) is 0 Å². The minimum absolute atomic E-state index is 0.277. The number of nitrogens with one attached hydrogen (secondary N) is 1. The number of anilines is 2. The van der Waals surface area contributed by atoms with E-state index in [0.29, 0.717) is 0 Å². The van der Waals surface area contributed by atoms with Gasteiger partial charge in [-0.2, -0.15) is 0 Å². The van der Waals surface area contributed by atoms with E-state index in [1.54, 1.807) is 35.6 Å². The molecule has 3 aromatic rings.